The van der Waals surface area contributed by atoms with Gasteiger partial charge in [0, 0.05) is 38.3 Å². The van der Waals surface area contributed by atoms with Gasteiger partial charge in [-0.15, -0.1) is 0 Å². The number of carbonyl (C=O) groups excluding carboxylic acids is 1. The lowest BCUT2D eigenvalue weighted by atomic mass is 9.90. The number of benzene rings is 2. The van der Waals surface area contributed by atoms with Crippen LogP contribution in [0.15, 0.2) is 54.6 Å². The molecule has 2 aliphatic rings. The number of likely N-dealkylation sites (tertiary alicyclic amines) is 1. The van der Waals surface area contributed by atoms with Gasteiger partial charge < -0.3 is 9.80 Å². The van der Waals surface area contributed by atoms with Crippen molar-refractivity contribution in [2.45, 2.75) is 25.8 Å². The smallest absolute Gasteiger partial charge is 0.253 e. The highest BCUT2D eigenvalue weighted by Crippen LogP contribution is 2.23. The number of piperazine rings is 1. The van der Waals surface area contributed by atoms with Crippen molar-refractivity contribution in [1.82, 2.24) is 14.7 Å². The maximum absolute atomic E-state index is 12.7. The summed E-state index contributed by atoms with van der Waals surface area (Å²) in [6, 6.07) is 19.2. The fraction of sp³-hybridized carbons (Fsp3) is 0.480. The molecule has 4 heteroatoms. The SMILES string of the molecule is CN1CCN(C(=O)c2ccc(CN3CCC(Cc4ccccc4)CC3)cc2)CC1. The van der Waals surface area contributed by atoms with Gasteiger partial charge in [0.15, 0.2) is 0 Å². The summed E-state index contributed by atoms with van der Waals surface area (Å²) in [6.07, 6.45) is 3.75. The Kier molecular flexibility index (Phi) is 6.63. The number of carbonyl (C=O) groups is 1. The van der Waals surface area contributed by atoms with Crippen LogP contribution in [0.3, 0.4) is 0 Å². The van der Waals surface area contributed by atoms with Gasteiger partial charge in [-0.05, 0) is 68.6 Å². The average molecular weight is 392 g/mol. The van der Waals surface area contributed by atoms with E-state index in [-0.39, 0.29) is 5.91 Å². The maximum atomic E-state index is 12.7. The van der Waals surface area contributed by atoms with E-state index < -0.39 is 0 Å². The molecule has 2 aromatic carbocycles. The largest absolute Gasteiger partial charge is 0.336 e. The van der Waals surface area contributed by atoms with Crippen LogP contribution in [0.1, 0.15) is 34.3 Å². The predicted octanol–water partition coefficient (Wildman–Crippen LogP) is 3.53. The van der Waals surface area contributed by atoms with Crippen LogP contribution in [-0.2, 0) is 13.0 Å². The highest BCUT2D eigenvalue weighted by molar-refractivity contribution is 5.94. The molecule has 4 rings (SSSR count). The van der Waals surface area contributed by atoms with Crippen molar-refractivity contribution in [2.75, 3.05) is 46.3 Å². The fourth-order valence-electron chi connectivity index (χ4n) is 4.50. The Balaban J connectivity index is 1.25. The standard InChI is InChI=1S/C25H33N3O/c1-26-15-17-28(18-16-26)25(29)24-9-7-23(8-10-24)20-27-13-11-22(12-14-27)19-21-5-3-2-4-6-21/h2-10,22H,11-20H2,1H3. The molecule has 2 fully saturated rings. The Morgan fingerprint density at radius 2 is 1.48 bits per heavy atom. The molecule has 2 saturated heterocycles. The fourth-order valence-corrected chi connectivity index (χ4v) is 4.50. The van der Waals surface area contributed by atoms with Gasteiger partial charge >= 0.3 is 0 Å². The number of amides is 1. The van der Waals surface area contributed by atoms with Gasteiger partial charge in [0.25, 0.3) is 5.91 Å². The minimum Gasteiger partial charge on any atom is -0.336 e. The molecule has 154 valence electrons. The first-order chi connectivity index (χ1) is 14.2. The first-order valence-electron chi connectivity index (χ1n) is 11.0. The molecule has 1 amide bonds. The van der Waals surface area contributed by atoms with Gasteiger partial charge in [-0.3, -0.25) is 9.69 Å². The molecule has 0 N–H and O–H groups in total. The molecular weight excluding hydrogens is 358 g/mol. The van der Waals surface area contributed by atoms with E-state index in [2.05, 4.69) is 59.3 Å². The molecule has 2 aliphatic heterocycles. The van der Waals surface area contributed by atoms with Crippen molar-refractivity contribution >= 4 is 5.91 Å². The quantitative estimate of drug-likeness (QED) is 0.780. The molecule has 0 bridgehead atoms. The molecular formula is C25H33N3O. The first kappa shape index (κ1) is 20.1. The maximum Gasteiger partial charge on any atom is 0.253 e. The van der Waals surface area contributed by atoms with Crippen LogP contribution < -0.4 is 0 Å². The Morgan fingerprint density at radius 3 is 2.14 bits per heavy atom. The second kappa shape index (κ2) is 9.55. The Labute approximate surface area is 175 Å². The molecule has 0 radical (unpaired) electrons. The molecule has 29 heavy (non-hydrogen) atoms. The molecule has 0 aromatic heterocycles. The zero-order chi connectivity index (χ0) is 20.1. The number of likely N-dealkylation sites (N-methyl/N-ethyl adjacent to an activating group) is 1. The van der Waals surface area contributed by atoms with E-state index in [9.17, 15) is 4.79 Å². The van der Waals surface area contributed by atoms with Gasteiger partial charge in [-0.2, -0.15) is 0 Å². The highest BCUT2D eigenvalue weighted by atomic mass is 16.2. The molecule has 0 saturated carbocycles. The molecule has 4 nitrogen and oxygen atoms in total. The molecule has 0 aliphatic carbocycles. The van der Waals surface area contributed by atoms with Crippen molar-refractivity contribution in [1.29, 1.82) is 0 Å². The second-order valence-electron chi connectivity index (χ2n) is 8.70. The molecule has 2 aromatic rings. The molecule has 0 atom stereocenters. The molecule has 0 spiro atoms. The minimum atomic E-state index is 0.173. The zero-order valence-electron chi connectivity index (χ0n) is 17.6. The van der Waals surface area contributed by atoms with Crippen LogP contribution in [0.2, 0.25) is 0 Å². The lowest BCUT2D eigenvalue weighted by Gasteiger charge is -2.33. The first-order valence-corrected chi connectivity index (χ1v) is 11.0. The number of nitrogens with zero attached hydrogens (tertiary/aromatic N) is 3. The number of hydrogen-bond acceptors (Lipinski definition) is 3. The Bertz CT molecular complexity index is 773. The van der Waals surface area contributed by atoms with Crippen molar-refractivity contribution in [3.8, 4) is 0 Å². The van der Waals surface area contributed by atoms with E-state index in [0.717, 1.165) is 44.2 Å². The third-order valence-electron chi connectivity index (χ3n) is 6.47. The summed E-state index contributed by atoms with van der Waals surface area (Å²) in [5.74, 6) is 0.976. The summed E-state index contributed by atoms with van der Waals surface area (Å²) in [6.45, 7) is 6.90. The van der Waals surface area contributed by atoms with Crippen LogP contribution in [0.5, 0.6) is 0 Å². The Hall–Kier alpha value is -2.17. The van der Waals surface area contributed by atoms with Crippen molar-refractivity contribution in [2.24, 2.45) is 5.92 Å². The summed E-state index contributed by atoms with van der Waals surface area (Å²) in [4.78, 5) is 19.5. The van der Waals surface area contributed by atoms with E-state index >= 15 is 0 Å². The summed E-state index contributed by atoms with van der Waals surface area (Å²) < 4.78 is 0. The zero-order valence-corrected chi connectivity index (χ0v) is 17.6. The van der Waals surface area contributed by atoms with Crippen LogP contribution in [0.25, 0.3) is 0 Å². The van der Waals surface area contributed by atoms with E-state index in [1.807, 2.05) is 17.0 Å². The minimum absolute atomic E-state index is 0.173. The van der Waals surface area contributed by atoms with Crippen molar-refractivity contribution in [3.05, 3.63) is 71.3 Å². The van der Waals surface area contributed by atoms with Crippen LogP contribution in [0.4, 0.5) is 0 Å². The number of piperidine rings is 1. The normalized spacial score (nSPS) is 19.4. The van der Waals surface area contributed by atoms with Gasteiger partial charge in [0.05, 0.1) is 0 Å². The molecule has 0 unspecified atom stereocenters. The van der Waals surface area contributed by atoms with E-state index in [1.54, 1.807) is 0 Å². The highest BCUT2D eigenvalue weighted by Gasteiger charge is 2.21. The molecule has 2 heterocycles. The lowest BCUT2D eigenvalue weighted by Crippen LogP contribution is -2.47. The van der Waals surface area contributed by atoms with Gasteiger partial charge in [-0.1, -0.05) is 42.5 Å². The summed E-state index contributed by atoms with van der Waals surface area (Å²) in [5.41, 5.74) is 3.59. The van der Waals surface area contributed by atoms with Crippen molar-refractivity contribution < 1.29 is 4.79 Å². The van der Waals surface area contributed by atoms with Gasteiger partial charge in [0.1, 0.15) is 0 Å². The van der Waals surface area contributed by atoms with Gasteiger partial charge in [-0.25, -0.2) is 0 Å². The van der Waals surface area contributed by atoms with Gasteiger partial charge in [0.2, 0.25) is 0 Å². The lowest BCUT2D eigenvalue weighted by molar-refractivity contribution is 0.0664. The summed E-state index contributed by atoms with van der Waals surface area (Å²) in [7, 11) is 2.11. The number of rotatable bonds is 5. The topological polar surface area (TPSA) is 26.8 Å². The third kappa shape index (κ3) is 5.46. The van der Waals surface area contributed by atoms with E-state index in [0.29, 0.717) is 0 Å². The Morgan fingerprint density at radius 1 is 0.828 bits per heavy atom. The van der Waals surface area contributed by atoms with E-state index in [4.69, 9.17) is 0 Å². The summed E-state index contributed by atoms with van der Waals surface area (Å²) in [5, 5.41) is 0. The van der Waals surface area contributed by atoms with Crippen LogP contribution >= 0.6 is 0 Å². The average Bonchev–Trinajstić information content (AvgIpc) is 2.76. The van der Waals surface area contributed by atoms with E-state index in [1.165, 1.54) is 43.5 Å². The third-order valence-corrected chi connectivity index (χ3v) is 6.47. The second-order valence-corrected chi connectivity index (χ2v) is 8.70. The summed E-state index contributed by atoms with van der Waals surface area (Å²) >= 11 is 0. The number of hydrogen-bond donors (Lipinski definition) is 0. The van der Waals surface area contributed by atoms with Crippen molar-refractivity contribution in [3.63, 3.8) is 0 Å². The van der Waals surface area contributed by atoms with Crippen LogP contribution in [0, 0.1) is 5.92 Å². The van der Waals surface area contributed by atoms with Crippen LogP contribution in [-0.4, -0.2) is 66.9 Å². The predicted molar refractivity (Wildman–Crippen MR) is 118 cm³/mol. The monoisotopic (exact) mass is 391 g/mol.